The Hall–Kier alpha value is -2.05. The van der Waals surface area contributed by atoms with E-state index in [2.05, 4.69) is 5.32 Å². The van der Waals surface area contributed by atoms with Gasteiger partial charge < -0.3 is 11.1 Å². The monoisotopic (exact) mass is 277 g/mol. The highest BCUT2D eigenvalue weighted by Crippen LogP contribution is 2.28. The summed E-state index contributed by atoms with van der Waals surface area (Å²) in [5.74, 6) is 0. The molecule has 0 saturated heterocycles. The molecule has 0 atom stereocenters. The highest BCUT2D eigenvalue weighted by Gasteiger charge is 2.14. The van der Waals surface area contributed by atoms with Crippen molar-refractivity contribution in [2.45, 2.75) is 11.8 Å². The zero-order valence-corrected chi connectivity index (χ0v) is 11.2. The number of primary sulfonamides is 1. The first-order valence-corrected chi connectivity index (χ1v) is 7.17. The smallest absolute Gasteiger partial charge is 0.240 e. The predicted molar refractivity (Wildman–Crippen MR) is 76.7 cm³/mol. The standard InChI is InChI=1S/C13H15N3O2S/c1-9-5-7-10(8-6-9)16-11-3-2-4-12(13(11)14)19(15,17)18/h2-8,16H,14H2,1H3,(H2,15,17,18). The molecule has 5 nitrogen and oxygen atoms in total. The van der Waals surface area contributed by atoms with Gasteiger partial charge in [0, 0.05) is 5.69 Å². The van der Waals surface area contributed by atoms with Gasteiger partial charge in [0.1, 0.15) is 4.90 Å². The number of para-hydroxylation sites is 1. The predicted octanol–water partition coefficient (Wildman–Crippen LogP) is 1.97. The van der Waals surface area contributed by atoms with Gasteiger partial charge >= 0.3 is 0 Å². The number of nitrogens with one attached hydrogen (secondary N) is 1. The molecule has 2 aromatic rings. The SMILES string of the molecule is Cc1ccc(Nc2cccc(S(N)(=O)=O)c2N)cc1. The van der Waals surface area contributed by atoms with Gasteiger partial charge in [0.15, 0.2) is 0 Å². The lowest BCUT2D eigenvalue weighted by Crippen LogP contribution is -2.15. The number of rotatable bonds is 3. The second-order valence-electron chi connectivity index (χ2n) is 4.25. The molecule has 0 heterocycles. The first-order chi connectivity index (χ1) is 8.88. The molecule has 0 unspecified atom stereocenters. The second kappa shape index (κ2) is 4.91. The molecule has 2 aromatic carbocycles. The number of hydrogen-bond acceptors (Lipinski definition) is 4. The molecule has 0 amide bonds. The molecule has 5 N–H and O–H groups in total. The van der Waals surface area contributed by atoms with Gasteiger partial charge in [-0.15, -0.1) is 0 Å². The zero-order valence-electron chi connectivity index (χ0n) is 10.4. The van der Waals surface area contributed by atoms with E-state index in [-0.39, 0.29) is 10.6 Å². The molecule has 0 aliphatic rings. The van der Waals surface area contributed by atoms with Gasteiger partial charge in [-0.1, -0.05) is 23.8 Å². The minimum Gasteiger partial charge on any atom is -0.396 e. The topological polar surface area (TPSA) is 98.2 Å². The molecule has 2 rings (SSSR count). The Balaban J connectivity index is 2.39. The van der Waals surface area contributed by atoms with E-state index in [0.717, 1.165) is 11.3 Å². The van der Waals surface area contributed by atoms with Gasteiger partial charge in [-0.2, -0.15) is 0 Å². The van der Waals surface area contributed by atoms with Crippen LogP contribution in [0.2, 0.25) is 0 Å². The van der Waals surface area contributed by atoms with Crippen molar-refractivity contribution in [3.63, 3.8) is 0 Å². The van der Waals surface area contributed by atoms with Crippen LogP contribution in [0.3, 0.4) is 0 Å². The fourth-order valence-corrected chi connectivity index (χ4v) is 2.38. The fraction of sp³-hybridized carbons (Fsp3) is 0.0769. The molecule has 0 aliphatic heterocycles. The Kier molecular flexibility index (Phi) is 3.46. The second-order valence-corrected chi connectivity index (χ2v) is 5.78. The number of hydrogen-bond donors (Lipinski definition) is 3. The van der Waals surface area contributed by atoms with Crippen molar-refractivity contribution >= 4 is 27.1 Å². The molecule has 0 spiro atoms. The van der Waals surface area contributed by atoms with Crippen molar-refractivity contribution < 1.29 is 8.42 Å². The lowest BCUT2D eigenvalue weighted by molar-refractivity contribution is 0.598. The van der Waals surface area contributed by atoms with Gasteiger partial charge in [-0.25, -0.2) is 13.6 Å². The largest absolute Gasteiger partial charge is 0.396 e. The van der Waals surface area contributed by atoms with E-state index in [1.807, 2.05) is 31.2 Å². The van der Waals surface area contributed by atoms with Crippen LogP contribution in [0, 0.1) is 6.92 Å². The number of nitrogen functional groups attached to an aromatic ring is 1. The van der Waals surface area contributed by atoms with Crippen molar-refractivity contribution in [1.82, 2.24) is 0 Å². The van der Waals surface area contributed by atoms with Crippen LogP contribution < -0.4 is 16.2 Å². The van der Waals surface area contributed by atoms with Crippen LogP contribution >= 0.6 is 0 Å². The quantitative estimate of drug-likeness (QED) is 0.747. The van der Waals surface area contributed by atoms with Gasteiger partial charge in [0.2, 0.25) is 10.0 Å². The molecule has 100 valence electrons. The van der Waals surface area contributed by atoms with Crippen LogP contribution in [0.25, 0.3) is 0 Å². The van der Waals surface area contributed by atoms with Gasteiger partial charge in [-0.05, 0) is 31.2 Å². The van der Waals surface area contributed by atoms with Crippen molar-refractivity contribution in [2.75, 3.05) is 11.1 Å². The Bertz CT molecular complexity index is 694. The highest BCUT2D eigenvalue weighted by molar-refractivity contribution is 7.89. The van der Waals surface area contributed by atoms with Gasteiger partial charge in [0.05, 0.1) is 11.4 Å². The van der Waals surface area contributed by atoms with Crippen molar-refractivity contribution in [3.05, 3.63) is 48.0 Å². The van der Waals surface area contributed by atoms with Crippen LogP contribution in [0.5, 0.6) is 0 Å². The van der Waals surface area contributed by atoms with E-state index in [9.17, 15) is 8.42 Å². The van der Waals surface area contributed by atoms with E-state index in [0.29, 0.717) is 5.69 Å². The molecule has 6 heteroatoms. The number of aryl methyl sites for hydroxylation is 1. The van der Waals surface area contributed by atoms with Crippen LogP contribution in [0.15, 0.2) is 47.4 Å². The minimum atomic E-state index is -3.82. The maximum Gasteiger partial charge on any atom is 0.240 e. The molecule has 0 fully saturated rings. The summed E-state index contributed by atoms with van der Waals surface area (Å²) in [6.45, 7) is 1.99. The lowest BCUT2D eigenvalue weighted by Gasteiger charge is -2.12. The third kappa shape index (κ3) is 3.04. The third-order valence-corrected chi connectivity index (χ3v) is 3.67. The van der Waals surface area contributed by atoms with E-state index >= 15 is 0 Å². The maximum absolute atomic E-state index is 11.4. The molecular formula is C13H15N3O2S. The average Bonchev–Trinajstić information content (AvgIpc) is 2.33. The summed E-state index contributed by atoms with van der Waals surface area (Å²) in [6, 6.07) is 12.3. The number of sulfonamides is 1. The Labute approximate surface area is 112 Å². The summed E-state index contributed by atoms with van der Waals surface area (Å²) >= 11 is 0. The molecule has 19 heavy (non-hydrogen) atoms. The molecule has 0 aliphatic carbocycles. The number of anilines is 3. The summed E-state index contributed by atoms with van der Waals surface area (Å²) in [6.07, 6.45) is 0. The summed E-state index contributed by atoms with van der Waals surface area (Å²) in [5, 5.41) is 8.17. The van der Waals surface area contributed by atoms with Gasteiger partial charge in [0.25, 0.3) is 0 Å². The first kappa shape index (κ1) is 13.4. The van der Waals surface area contributed by atoms with Gasteiger partial charge in [-0.3, -0.25) is 0 Å². The molecule has 0 radical (unpaired) electrons. The molecule has 0 bridgehead atoms. The summed E-state index contributed by atoms with van der Waals surface area (Å²) < 4.78 is 22.7. The fourth-order valence-electron chi connectivity index (χ4n) is 1.69. The Morgan fingerprint density at radius 1 is 1.05 bits per heavy atom. The van der Waals surface area contributed by atoms with Crippen LogP contribution in [-0.4, -0.2) is 8.42 Å². The number of nitrogens with two attached hydrogens (primary N) is 2. The molecule has 0 aromatic heterocycles. The number of benzene rings is 2. The Morgan fingerprint density at radius 3 is 2.26 bits per heavy atom. The summed E-state index contributed by atoms with van der Waals surface area (Å²) in [5.41, 5.74) is 8.41. The minimum absolute atomic E-state index is 0.0791. The normalized spacial score (nSPS) is 11.3. The van der Waals surface area contributed by atoms with Crippen molar-refractivity contribution in [3.8, 4) is 0 Å². The van der Waals surface area contributed by atoms with Crippen LogP contribution in [-0.2, 0) is 10.0 Å². The molecule has 0 saturated carbocycles. The lowest BCUT2D eigenvalue weighted by atomic mass is 10.2. The van der Waals surface area contributed by atoms with Crippen molar-refractivity contribution in [1.29, 1.82) is 0 Å². The van der Waals surface area contributed by atoms with Crippen LogP contribution in [0.4, 0.5) is 17.1 Å². The first-order valence-electron chi connectivity index (χ1n) is 5.63. The van der Waals surface area contributed by atoms with E-state index in [1.54, 1.807) is 12.1 Å². The van der Waals surface area contributed by atoms with E-state index in [4.69, 9.17) is 10.9 Å². The van der Waals surface area contributed by atoms with E-state index in [1.165, 1.54) is 6.07 Å². The zero-order chi connectivity index (χ0) is 14.0. The Morgan fingerprint density at radius 2 is 1.68 bits per heavy atom. The summed E-state index contributed by atoms with van der Waals surface area (Å²) in [7, 11) is -3.82. The molecular weight excluding hydrogens is 262 g/mol. The van der Waals surface area contributed by atoms with Crippen molar-refractivity contribution in [2.24, 2.45) is 5.14 Å². The summed E-state index contributed by atoms with van der Waals surface area (Å²) in [4.78, 5) is -0.0791. The van der Waals surface area contributed by atoms with Crippen LogP contribution in [0.1, 0.15) is 5.56 Å². The van der Waals surface area contributed by atoms with E-state index < -0.39 is 10.0 Å². The third-order valence-electron chi connectivity index (χ3n) is 2.70. The average molecular weight is 277 g/mol. The highest BCUT2D eigenvalue weighted by atomic mass is 32.2. The maximum atomic E-state index is 11.4.